The predicted molar refractivity (Wildman–Crippen MR) is 111 cm³/mol. The Bertz CT molecular complexity index is 942. The summed E-state index contributed by atoms with van der Waals surface area (Å²) in [7, 11) is -3.94. The number of para-hydroxylation sites is 1. The Kier molecular flexibility index (Phi) is 6.87. The normalized spacial score (nSPS) is 15.8. The maximum absolute atomic E-state index is 13.7. The monoisotopic (exact) mass is 419 g/mol. The number of anilines is 1. The zero-order valence-electron chi connectivity index (χ0n) is 16.4. The molecule has 0 bridgehead atoms. The average Bonchev–Trinajstić information content (AvgIpc) is 3.21. The number of nitrogens with zero attached hydrogens (tertiary/aromatic N) is 1. The zero-order chi connectivity index (χ0) is 20.9. The van der Waals surface area contributed by atoms with Crippen LogP contribution in [0, 0.1) is 11.7 Å². The third kappa shape index (κ3) is 5.77. The summed E-state index contributed by atoms with van der Waals surface area (Å²) in [6.07, 6.45) is 2.47. The van der Waals surface area contributed by atoms with E-state index in [0.29, 0.717) is 18.0 Å². The Morgan fingerprint density at radius 3 is 2.41 bits per heavy atom. The van der Waals surface area contributed by atoms with Crippen LogP contribution < -0.4 is 10.0 Å². The summed E-state index contributed by atoms with van der Waals surface area (Å²) in [6.45, 7) is 5.86. The minimum Gasteiger partial charge on any atom is -0.352 e. The van der Waals surface area contributed by atoms with Crippen molar-refractivity contribution in [3.63, 3.8) is 0 Å². The summed E-state index contributed by atoms with van der Waals surface area (Å²) in [6, 6.07) is 11.1. The molecule has 2 aromatic carbocycles. The van der Waals surface area contributed by atoms with Gasteiger partial charge in [0, 0.05) is 18.7 Å². The molecule has 1 fully saturated rings. The molecule has 1 saturated heterocycles. The van der Waals surface area contributed by atoms with E-state index in [1.807, 2.05) is 0 Å². The Hall–Kier alpha value is -2.45. The quantitative estimate of drug-likeness (QED) is 0.689. The molecule has 0 aromatic heterocycles. The minimum atomic E-state index is -3.94. The fourth-order valence-corrected chi connectivity index (χ4v) is 4.44. The molecule has 2 N–H and O–H groups in total. The second kappa shape index (κ2) is 9.37. The second-order valence-corrected chi connectivity index (χ2v) is 9.12. The molecule has 1 amide bonds. The van der Waals surface area contributed by atoms with Crippen molar-refractivity contribution >= 4 is 21.6 Å². The van der Waals surface area contributed by atoms with Gasteiger partial charge in [-0.25, -0.2) is 12.8 Å². The van der Waals surface area contributed by atoms with Crippen molar-refractivity contribution in [1.29, 1.82) is 0 Å². The number of halogens is 1. The SMILES string of the molecule is C[C@@H](CNC(=O)c1ccc(S(=O)(=O)Nc2ccccc2F)cc1)CN1CCCC1. The summed E-state index contributed by atoms with van der Waals surface area (Å²) in [5, 5.41) is 2.90. The van der Waals surface area contributed by atoms with Gasteiger partial charge in [0.15, 0.2) is 0 Å². The van der Waals surface area contributed by atoms with E-state index in [9.17, 15) is 17.6 Å². The number of carbonyl (C=O) groups is 1. The Labute approximate surface area is 171 Å². The van der Waals surface area contributed by atoms with E-state index in [1.165, 1.54) is 55.3 Å². The summed E-state index contributed by atoms with van der Waals surface area (Å²) >= 11 is 0. The lowest BCUT2D eigenvalue weighted by molar-refractivity contribution is 0.0945. The maximum Gasteiger partial charge on any atom is 0.261 e. The van der Waals surface area contributed by atoms with Crippen LogP contribution in [0.3, 0.4) is 0 Å². The fraction of sp³-hybridized carbons (Fsp3) is 0.381. The topological polar surface area (TPSA) is 78.5 Å². The Balaban J connectivity index is 1.57. The van der Waals surface area contributed by atoms with Crippen LogP contribution >= 0.6 is 0 Å². The smallest absolute Gasteiger partial charge is 0.261 e. The van der Waals surface area contributed by atoms with Gasteiger partial charge in [-0.3, -0.25) is 9.52 Å². The average molecular weight is 420 g/mol. The molecular weight excluding hydrogens is 393 g/mol. The molecular formula is C21H26FN3O3S. The molecule has 1 heterocycles. The molecule has 1 aliphatic rings. The van der Waals surface area contributed by atoms with Crippen molar-refractivity contribution < 1.29 is 17.6 Å². The second-order valence-electron chi connectivity index (χ2n) is 7.43. The molecule has 0 spiro atoms. The first-order valence-electron chi connectivity index (χ1n) is 9.73. The van der Waals surface area contributed by atoms with Crippen molar-refractivity contribution in [2.24, 2.45) is 5.92 Å². The van der Waals surface area contributed by atoms with Crippen molar-refractivity contribution in [1.82, 2.24) is 10.2 Å². The predicted octanol–water partition coefficient (Wildman–Crippen LogP) is 3.09. The lowest BCUT2D eigenvalue weighted by Gasteiger charge is -2.20. The number of rotatable bonds is 8. The third-order valence-corrected chi connectivity index (χ3v) is 6.31. The molecule has 6 nitrogen and oxygen atoms in total. The molecule has 8 heteroatoms. The number of hydrogen-bond acceptors (Lipinski definition) is 4. The minimum absolute atomic E-state index is 0.0419. The van der Waals surface area contributed by atoms with Crippen LogP contribution in [0.1, 0.15) is 30.1 Å². The molecule has 0 unspecified atom stereocenters. The first kappa shape index (κ1) is 21.3. The van der Waals surface area contributed by atoms with Crippen LogP contribution in [0.25, 0.3) is 0 Å². The van der Waals surface area contributed by atoms with E-state index in [0.717, 1.165) is 19.6 Å². The molecule has 1 aliphatic heterocycles. The zero-order valence-corrected chi connectivity index (χ0v) is 17.2. The summed E-state index contributed by atoms with van der Waals surface area (Å²) in [5.41, 5.74) is 0.254. The van der Waals surface area contributed by atoms with Crippen LogP contribution in [0.4, 0.5) is 10.1 Å². The van der Waals surface area contributed by atoms with Gasteiger partial charge in [-0.05, 0) is 68.2 Å². The van der Waals surface area contributed by atoms with Gasteiger partial charge < -0.3 is 10.2 Å². The third-order valence-electron chi connectivity index (χ3n) is 4.92. The Morgan fingerprint density at radius 2 is 1.76 bits per heavy atom. The van der Waals surface area contributed by atoms with Crippen LogP contribution in [0.5, 0.6) is 0 Å². The summed E-state index contributed by atoms with van der Waals surface area (Å²) in [4.78, 5) is 14.7. The number of hydrogen-bond donors (Lipinski definition) is 2. The highest BCUT2D eigenvalue weighted by molar-refractivity contribution is 7.92. The van der Waals surface area contributed by atoms with Crippen LogP contribution in [0.15, 0.2) is 53.4 Å². The van der Waals surface area contributed by atoms with Crippen LogP contribution in [-0.4, -0.2) is 45.4 Å². The van der Waals surface area contributed by atoms with E-state index in [2.05, 4.69) is 21.9 Å². The molecule has 29 heavy (non-hydrogen) atoms. The first-order chi connectivity index (χ1) is 13.8. The molecule has 0 radical (unpaired) electrons. The highest BCUT2D eigenvalue weighted by atomic mass is 32.2. The van der Waals surface area contributed by atoms with Crippen LogP contribution in [-0.2, 0) is 10.0 Å². The van der Waals surface area contributed by atoms with E-state index < -0.39 is 15.8 Å². The summed E-state index contributed by atoms with van der Waals surface area (Å²) < 4.78 is 40.8. The summed E-state index contributed by atoms with van der Waals surface area (Å²) in [5.74, 6) is -0.568. The van der Waals surface area contributed by atoms with Crippen molar-refractivity contribution in [2.45, 2.75) is 24.7 Å². The van der Waals surface area contributed by atoms with Crippen molar-refractivity contribution in [3.8, 4) is 0 Å². The largest absolute Gasteiger partial charge is 0.352 e. The number of benzene rings is 2. The van der Waals surface area contributed by atoms with Gasteiger partial charge in [0.2, 0.25) is 0 Å². The van der Waals surface area contributed by atoms with Crippen molar-refractivity contribution in [3.05, 3.63) is 59.9 Å². The number of sulfonamides is 1. The molecule has 0 aliphatic carbocycles. The van der Waals surface area contributed by atoms with Gasteiger partial charge in [-0.15, -0.1) is 0 Å². The highest BCUT2D eigenvalue weighted by Crippen LogP contribution is 2.19. The molecule has 1 atom stereocenters. The van der Waals surface area contributed by atoms with Gasteiger partial charge in [-0.2, -0.15) is 0 Å². The molecule has 3 rings (SSSR count). The Morgan fingerprint density at radius 1 is 1.10 bits per heavy atom. The van der Waals surface area contributed by atoms with E-state index in [4.69, 9.17) is 0 Å². The van der Waals surface area contributed by atoms with Crippen LogP contribution in [0.2, 0.25) is 0 Å². The fourth-order valence-electron chi connectivity index (χ4n) is 3.37. The molecule has 156 valence electrons. The van der Waals surface area contributed by atoms with Gasteiger partial charge in [0.25, 0.3) is 15.9 Å². The van der Waals surface area contributed by atoms with Gasteiger partial charge in [0.1, 0.15) is 5.82 Å². The molecule has 0 saturated carbocycles. The van der Waals surface area contributed by atoms with E-state index in [1.54, 1.807) is 6.07 Å². The lowest BCUT2D eigenvalue weighted by atomic mass is 10.1. The van der Waals surface area contributed by atoms with Gasteiger partial charge in [0.05, 0.1) is 10.6 Å². The van der Waals surface area contributed by atoms with Gasteiger partial charge in [-0.1, -0.05) is 19.1 Å². The van der Waals surface area contributed by atoms with E-state index >= 15 is 0 Å². The number of amides is 1. The maximum atomic E-state index is 13.7. The number of carbonyl (C=O) groups excluding carboxylic acids is 1. The lowest BCUT2D eigenvalue weighted by Crippen LogP contribution is -2.34. The standard InChI is InChI=1S/C21H26FN3O3S/c1-16(15-25-12-4-5-13-25)14-23-21(26)17-8-10-18(11-9-17)29(27,28)24-20-7-3-2-6-19(20)22/h2-3,6-11,16,24H,4-5,12-15H2,1H3,(H,23,26)/t16-/m0/s1. The molecule has 2 aromatic rings. The first-order valence-corrected chi connectivity index (χ1v) is 11.2. The highest BCUT2D eigenvalue weighted by Gasteiger charge is 2.18. The van der Waals surface area contributed by atoms with Crippen molar-refractivity contribution in [2.75, 3.05) is 30.9 Å². The number of nitrogens with one attached hydrogen (secondary N) is 2. The van der Waals surface area contributed by atoms with Gasteiger partial charge >= 0.3 is 0 Å². The van der Waals surface area contributed by atoms with E-state index in [-0.39, 0.29) is 16.5 Å². The number of likely N-dealkylation sites (tertiary alicyclic amines) is 1.